The van der Waals surface area contributed by atoms with E-state index >= 15 is 0 Å². The van der Waals surface area contributed by atoms with Crippen LogP contribution in [0.25, 0.3) is 21.7 Å². The molecular weight excluding hydrogens is 350 g/mol. The predicted octanol–water partition coefficient (Wildman–Crippen LogP) is 4.10. The van der Waals surface area contributed by atoms with Gasteiger partial charge < -0.3 is 10.2 Å². The van der Waals surface area contributed by atoms with E-state index in [0.717, 1.165) is 16.2 Å². The van der Waals surface area contributed by atoms with Gasteiger partial charge in [-0.05, 0) is 35.0 Å². The first-order chi connectivity index (χ1) is 13.6. The van der Waals surface area contributed by atoms with Crippen LogP contribution in [0.1, 0.15) is 10.4 Å². The Morgan fingerprint density at radius 2 is 1.64 bits per heavy atom. The first-order valence-corrected chi connectivity index (χ1v) is 9.00. The van der Waals surface area contributed by atoms with Crippen LogP contribution in [-0.4, -0.2) is 35.3 Å². The van der Waals surface area contributed by atoms with Crippen molar-refractivity contribution in [3.05, 3.63) is 84.6 Å². The Hall–Kier alpha value is -3.73. The lowest BCUT2D eigenvalue weighted by Crippen LogP contribution is -2.35. The summed E-state index contributed by atoms with van der Waals surface area (Å²) in [6.45, 7) is -0.0467. The quantitative estimate of drug-likeness (QED) is 0.551. The zero-order valence-corrected chi connectivity index (χ0v) is 15.4. The number of pyridine rings is 1. The van der Waals surface area contributed by atoms with Crippen LogP contribution in [0.3, 0.4) is 0 Å². The maximum Gasteiger partial charge on any atom is 0.256 e. The molecule has 0 saturated heterocycles. The number of nitrogens with zero attached hydrogens (tertiary/aromatic N) is 2. The summed E-state index contributed by atoms with van der Waals surface area (Å²) < 4.78 is 0. The largest absolute Gasteiger partial charge is 0.332 e. The molecule has 0 aliphatic heterocycles. The van der Waals surface area contributed by atoms with Crippen molar-refractivity contribution in [2.45, 2.75) is 0 Å². The number of para-hydroxylation sites is 1. The van der Waals surface area contributed by atoms with Crippen molar-refractivity contribution in [3.8, 4) is 0 Å². The molecule has 138 valence electrons. The molecule has 5 heteroatoms. The third-order valence-corrected chi connectivity index (χ3v) is 4.63. The maximum absolute atomic E-state index is 13.1. The minimum absolute atomic E-state index is 0.0467. The zero-order chi connectivity index (χ0) is 19.5. The number of fused-ring (bicyclic) bond motifs is 3. The van der Waals surface area contributed by atoms with Crippen LogP contribution in [0.4, 0.5) is 5.69 Å². The first-order valence-electron chi connectivity index (χ1n) is 9.00. The van der Waals surface area contributed by atoms with E-state index in [-0.39, 0.29) is 18.4 Å². The van der Waals surface area contributed by atoms with Crippen molar-refractivity contribution in [2.75, 3.05) is 18.9 Å². The van der Waals surface area contributed by atoms with E-state index in [0.29, 0.717) is 16.8 Å². The Morgan fingerprint density at radius 1 is 0.929 bits per heavy atom. The minimum Gasteiger partial charge on any atom is -0.332 e. The highest BCUT2D eigenvalue weighted by atomic mass is 16.2. The van der Waals surface area contributed by atoms with Crippen molar-refractivity contribution >= 4 is 39.2 Å². The van der Waals surface area contributed by atoms with Gasteiger partial charge in [0.05, 0.1) is 17.6 Å². The van der Waals surface area contributed by atoms with E-state index in [1.165, 1.54) is 4.90 Å². The molecule has 2 amide bonds. The second-order valence-electron chi connectivity index (χ2n) is 6.62. The summed E-state index contributed by atoms with van der Waals surface area (Å²) in [5.41, 5.74) is 1.83. The van der Waals surface area contributed by atoms with Crippen molar-refractivity contribution < 1.29 is 9.59 Å². The number of aromatic nitrogens is 1. The van der Waals surface area contributed by atoms with Crippen molar-refractivity contribution in [2.24, 2.45) is 0 Å². The normalized spacial score (nSPS) is 10.8. The van der Waals surface area contributed by atoms with Gasteiger partial charge in [0.1, 0.15) is 0 Å². The average molecular weight is 369 g/mol. The van der Waals surface area contributed by atoms with Crippen LogP contribution < -0.4 is 5.32 Å². The molecule has 4 rings (SSSR count). The van der Waals surface area contributed by atoms with Gasteiger partial charge in [-0.1, -0.05) is 48.5 Å². The molecule has 1 aromatic heterocycles. The summed E-state index contributed by atoms with van der Waals surface area (Å²) >= 11 is 0. The maximum atomic E-state index is 13.1. The number of hydrogen-bond donors (Lipinski definition) is 1. The molecule has 0 aliphatic carbocycles. The van der Waals surface area contributed by atoms with Gasteiger partial charge in [0.25, 0.3) is 5.91 Å². The zero-order valence-electron chi connectivity index (χ0n) is 15.4. The van der Waals surface area contributed by atoms with E-state index < -0.39 is 0 Å². The highest BCUT2D eigenvalue weighted by Crippen LogP contribution is 2.27. The van der Waals surface area contributed by atoms with Crippen LogP contribution in [0.2, 0.25) is 0 Å². The smallest absolute Gasteiger partial charge is 0.256 e. The fourth-order valence-corrected chi connectivity index (χ4v) is 3.31. The molecule has 0 atom stereocenters. The fourth-order valence-electron chi connectivity index (χ4n) is 3.31. The molecule has 0 unspecified atom stereocenters. The third kappa shape index (κ3) is 3.42. The Bertz CT molecular complexity index is 1170. The molecule has 5 nitrogen and oxygen atoms in total. The molecule has 1 N–H and O–H groups in total. The second-order valence-corrected chi connectivity index (χ2v) is 6.62. The molecule has 0 aliphatic rings. The number of likely N-dealkylation sites (N-methyl/N-ethyl adjacent to an activating group) is 1. The van der Waals surface area contributed by atoms with E-state index in [4.69, 9.17) is 0 Å². The summed E-state index contributed by atoms with van der Waals surface area (Å²) in [6, 6.07) is 22.7. The van der Waals surface area contributed by atoms with E-state index in [9.17, 15) is 9.59 Å². The average Bonchev–Trinajstić information content (AvgIpc) is 2.73. The van der Waals surface area contributed by atoms with Gasteiger partial charge in [-0.15, -0.1) is 0 Å². The van der Waals surface area contributed by atoms with Gasteiger partial charge >= 0.3 is 0 Å². The van der Waals surface area contributed by atoms with E-state index in [2.05, 4.69) is 10.3 Å². The van der Waals surface area contributed by atoms with Gasteiger partial charge in [-0.25, -0.2) is 0 Å². The lowest BCUT2D eigenvalue weighted by molar-refractivity contribution is -0.116. The van der Waals surface area contributed by atoms with Crippen molar-refractivity contribution in [1.82, 2.24) is 9.88 Å². The lowest BCUT2D eigenvalue weighted by atomic mass is 10.00. The van der Waals surface area contributed by atoms with Crippen LogP contribution in [0, 0.1) is 0 Å². The molecule has 4 aromatic rings. The molecule has 0 radical (unpaired) electrons. The number of nitrogens with one attached hydrogen (secondary N) is 1. The summed E-state index contributed by atoms with van der Waals surface area (Å²) in [7, 11) is 1.62. The second kappa shape index (κ2) is 7.48. The van der Waals surface area contributed by atoms with Crippen LogP contribution in [0.5, 0.6) is 0 Å². The van der Waals surface area contributed by atoms with Gasteiger partial charge in [0.2, 0.25) is 5.91 Å². The number of hydrogen-bond acceptors (Lipinski definition) is 3. The number of amides is 2. The number of anilines is 1. The van der Waals surface area contributed by atoms with Gasteiger partial charge in [-0.2, -0.15) is 0 Å². The highest BCUT2D eigenvalue weighted by Gasteiger charge is 2.19. The Balaban J connectivity index is 1.63. The Kier molecular flexibility index (Phi) is 4.72. The van der Waals surface area contributed by atoms with Gasteiger partial charge in [0.15, 0.2) is 0 Å². The molecule has 28 heavy (non-hydrogen) atoms. The topological polar surface area (TPSA) is 62.3 Å². The van der Waals surface area contributed by atoms with Crippen LogP contribution >= 0.6 is 0 Å². The lowest BCUT2D eigenvalue weighted by Gasteiger charge is -2.18. The minimum atomic E-state index is -0.250. The molecule has 0 spiro atoms. The molecule has 0 saturated carbocycles. The molecular formula is C23H19N3O2. The summed E-state index contributed by atoms with van der Waals surface area (Å²) in [5.74, 6) is -0.488. The molecule has 0 bridgehead atoms. The molecule has 3 aromatic carbocycles. The summed E-state index contributed by atoms with van der Waals surface area (Å²) in [6.07, 6.45) is 1.68. The van der Waals surface area contributed by atoms with Crippen molar-refractivity contribution in [1.29, 1.82) is 0 Å². The fraction of sp³-hybridized carbons (Fsp3) is 0.0870. The molecule has 1 heterocycles. The standard InChI is InChI=1S/C23H19N3O2/c1-26(15-21(27)25-17-9-3-2-4-10-17)23(28)20-14-16-8-5-6-11-18(16)19-12-7-13-24-22(19)20/h2-14H,15H2,1H3,(H,25,27). The van der Waals surface area contributed by atoms with Crippen LogP contribution in [-0.2, 0) is 4.79 Å². The molecule has 0 fully saturated rings. The summed E-state index contributed by atoms with van der Waals surface area (Å²) in [5, 5.41) is 5.73. The van der Waals surface area contributed by atoms with E-state index in [1.54, 1.807) is 25.4 Å². The third-order valence-electron chi connectivity index (χ3n) is 4.63. The Labute approximate surface area is 162 Å². The monoisotopic (exact) mass is 369 g/mol. The summed E-state index contributed by atoms with van der Waals surface area (Å²) in [4.78, 5) is 31.3. The van der Waals surface area contributed by atoms with Gasteiger partial charge in [0, 0.05) is 24.3 Å². The van der Waals surface area contributed by atoms with Gasteiger partial charge in [-0.3, -0.25) is 14.6 Å². The Morgan fingerprint density at radius 3 is 2.46 bits per heavy atom. The number of carbonyl (C=O) groups is 2. The SMILES string of the molecule is CN(CC(=O)Nc1ccccc1)C(=O)c1cc2ccccc2c2cccnc12. The van der Waals surface area contributed by atoms with Crippen LogP contribution in [0.15, 0.2) is 79.0 Å². The van der Waals surface area contributed by atoms with Crippen molar-refractivity contribution in [3.63, 3.8) is 0 Å². The highest BCUT2D eigenvalue weighted by molar-refractivity contribution is 6.16. The number of benzene rings is 3. The first kappa shape index (κ1) is 17.7. The number of carbonyl (C=O) groups excluding carboxylic acids is 2. The number of rotatable bonds is 4. The predicted molar refractivity (Wildman–Crippen MR) is 111 cm³/mol. The van der Waals surface area contributed by atoms with E-state index in [1.807, 2.05) is 60.7 Å².